The third-order valence-corrected chi connectivity index (χ3v) is 4.78. The van der Waals surface area contributed by atoms with E-state index in [9.17, 15) is 4.79 Å². The van der Waals surface area contributed by atoms with Crippen LogP contribution in [0.2, 0.25) is 0 Å². The van der Waals surface area contributed by atoms with E-state index in [1.54, 1.807) is 7.11 Å². The van der Waals surface area contributed by atoms with Crippen molar-refractivity contribution in [2.24, 2.45) is 17.8 Å². The molecule has 1 aromatic rings. The minimum absolute atomic E-state index is 0.0117. The van der Waals surface area contributed by atoms with E-state index in [4.69, 9.17) is 9.47 Å². The van der Waals surface area contributed by atoms with Gasteiger partial charge in [-0.2, -0.15) is 0 Å². The highest BCUT2D eigenvalue weighted by atomic mass is 16.6. The van der Waals surface area contributed by atoms with Crippen LogP contribution in [0.1, 0.15) is 51.7 Å². The van der Waals surface area contributed by atoms with Crippen molar-refractivity contribution < 1.29 is 14.3 Å². The molecule has 2 rings (SSSR count). The van der Waals surface area contributed by atoms with Crippen molar-refractivity contribution in [3.8, 4) is 0 Å². The fourth-order valence-corrected chi connectivity index (χ4v) is 3.46. The SMILES string of the molecule is CO[C@H](C(=O)O[C@@H]1C[C@@H](C)CC[C@@H]1C(C)C)c1ccccc1. The third kappa shape index (κ3) is 4.10. The molecular weight excluding hydrogens is 276 g/mol. The summed E-state index contributed by atoms with van der Waals surface area (Å²) in [7, 11) is 1.56. The molecule has 1 saturated carbocycles. The quantitative estimate of drug-likeness (QED) is 0.757. The second kappa shape index (κ2) is 7.77. The van der Waals surface area contributed by atoms with Crippen molar-refractivity contribution in [1.82, 2.24) is 0 Å². The van der Waals surface area contributed by atoms with E-state index in [-0.39, 0.29) is 12.1 Å². The minimum atomic E-state index is -0.633. The summed E-state index contributed by atoms with van der Waals surface area (Å²) in [5.41, 5.74) is 0.847. The fourth-order valence-electron chi connectivity index (χ4n) is 3.46. The largest absolute Gasteiger partial charge is 0.460 e. The molecule has 0 unspecified atom stereocenters. The highest BCUT2D eigenvalue weighted by molar-refractivity contribution is 5.76. The Bertz CT molecular complexity index is 469. The molecule has 1 fully saturated rings. The van der Waals surface area contributed by atoms with E-state index < -0.39 is 6.10 Å². The van der Waals surface area contributed by atoms with Gasteiger partial charge in [-0.1, -0.05) is 57.5 Å². The molecule has 0 radical (unpaired) electrons. The molecule has 1 aromatic carbocycles. The van der Waals surface area contributed by atoms with Gasteiger partial charge in [0.25, 0.3) is 0 Å². The number of hydrogen-bond donors (Lipinski definition) is 0. The standard InChI is InChI=1S/C19H28O3/c1-13(2)16-11-10-14(3)12-17(16)22-19(20)18(21-4)15-8-6-5-7-9-15/h5-9,13-14,16-18H,10-12H2,1-4H3/t14-,16+,17+,18-/m0/s1. The number of esters is 1. The van der Waals surface area contributed by atoms with E-state index in [0.717, 1.165) is 18.4 Å². The lowest BCUT2D eigenvalue weighted by molar-refractivity contribution is -0.168. The van der Waals surface area contributed by atoms with Gasteiger partial charge in [0.1, 0.15) is 6.10 Å². The summed E-state index contributed by atoms with van der Waals surface area (Å²) in [6.07, 6.45) is 2.70. The second-order valence-corrected chi connectivity index (χ2v) is 6.83. The van der Waals surface area contributed by atoms with Crippen LogP contribution >= 0.6 is 0 Å². The number of carbonyl (C=O) groups is 1. The zero-order valence-corrected chi connectivity index (χ0v) is 14.1. The van der Waals surface area contributed by atoms with E-state index in [1.807, 2.05) is 30.3 Å². The zero-order valence-electron chi connectivity index (χ0n) is 14.1. The van der Waals surface area contributed by atoms with Crippen LogP contribution in [0.15, 0.2) is 30.3 Å². The lowest BCUT2D eigenvalue weighted by Gasteiger charge is -2.37. The first-order valence-corrected chi connectivity index (χ1v) is 8.31. The second-order valence-electron chi connectivity index (χ2n) is 6.83. The molecule has 0 heterocycles. The van der Waals surface area contributed by atoms with Gasteiger partial charge in [0.2, 0.25) is 0 Å². The van der Waals surface area contributed by atoms with Gasteiger partial charge in [0, 0.05) is 7.11 Å². The summed E-state index contributed by atoms with van der Waals surface area (Å²) >= 11 is 0. The van der Waals surface area contributed by atoms with E-state index >= 15 is 0 Å². The van der Waals surface area contributed by atoms with Crippen molar-refractivity contribution >= 4 is 5.97 Å². The van der Waals surface area contributed by atoms with Crippen LogP contribution in [0.3, 0.4) is 0 Å². The maximum Gasteiger partial charge on any atom is 0.340 e. The summed E-state index contributed by atoms with van der Waals surface area (Å²) in [6, 6.07) is 9.55. The Morgan fingerprint density at radius 1 is 1.18 bits per heavy atom. The molecule has 0 aromatic heterocycles. The number of ether oxygens (including phenoxy) is 2. The number of hydrogen-bond acceptors (Lipinski definition) is 3. The Kier molecular flexibility index (Phi) is 6.01. The molecule has 1 aliphatic rings. The molecule has 3 nitrogen and oxygen atoms in total. The van der Waals surface area contributed by atoms with Gasteiger partial charge >= 0.3 is 5.97 Å². The summed E-state index contributed by atoms with van der Waals surface area (Å²) in [5.74, 6) is 1.33. The summed E-state index contributed by atoms with van der Waals surface area (Å²) < 4.78 is 11.3. The van der Waals surface area contributed by atoms with Gasteiger partial charge < -0.3 is 9.47 Å². The average molecular weight is 304 g/mol. The molecule has 0 aliphatic heterocycles. The number of carbonyl (C=O) groups excluding carboxylic acids is 1. The van der Waals surface area contributed by atoms with Gasteiger partial charge in [-0.3, -0.25) is 0 Å². The van der Waals surface area contributed by atoms with Gasteiger partial charge in [0.05, 0.1) is 0 Å². The predicted octanol–water partition coefficient (Wildman–Crippen LogP) is 4.38. The Labute approximate surface area is 134 Å². The minimum Gasteiger partial charge on any atom is -0.460 e. The monoisotopic (exact) mass is 304 g/mol. The fraction of sp³-hybridized carbons (Fsp3) is 0.632. The van der Waals surface area contributed by atoms with Crippen LogP contribution in [-0.2, 0) is 14.3 Å². The maximum atomic E-state index is 12.6. The van der Waals surface area contributed by atoms with Gasteiger partial charge in [-0.05, 0) is 36.2 Å². The van der Waals surface area contributed by atoms with Crippen LogP contribution < -0.4 is 0 Å². The van der Waals surface area contributed by atoms with Crippen LogP contribution in [0.4, 0.5) is 0 Å². The Balaban J connectivity index is 2.08. The molecule has 4 atom stereocenters. The molecule has 0 amide bonds. The van der Waals surface area contributed by atoms with Crippen LogP contribution in [0.25, 0.3) is 0 Å². The first-order valence-electron chi connectivity index (χ1n) is 8.31. The lowest BCUT2D eigenvalue weighted by Crippen LogP contribution is -2.37. The van der Waals surface area contributed by atoms with Crippen molar-refractivity contribution in [3.63, 3.8) is 0 Å². The van der Waals surface area contributed by atoms with Crippen LogP contribution in [0, 0.1) is 17.8 Å². The molecule has 0 bridgehead atoms. The third-order valence-electron chi connectivity index (χ3n) is 4.78. The summed E-state index contributed by atoms with van der Waals surface area (Å²) in [4.78, 5) is 12.6. The first-order chi connectivity index (χ1) is 10.5. The molecule has 0 spiro atoms. The highest BCUT2D eigenvalue weighted by Crippen LogP contribution is 2.36. The van der Waals surface area contributed by atoms with Gasteiger partial charge in [-0.15, -0.1) is 0 Å². The summed E-state index contributed by atoms with van der Waals surface area (Å²) in [6.45, 7) is 6.67. The van der Waals surface area contributed by atoms with Gasteiger partial charge in [0.15, 0.2) is 6.10 Å². The molecule has 1 aliphatic carbocycles. The Hall–Kier alpha value is -1.35. The van der Waals surface area contributed by atoms with E-state index in [2.05, 4.69) is 20.8 Å². The van der Waals surface area contributed by atoms with E-state index in [1.165, 1.54) is 6.42 Å². The van der Waals surface area contributed by atoms with Gasteiger partial charge in [-0.25, -0.2) is 4.79 Å². The molecule has 22 heavy (non-hydrogen) atoms. The Morgan fingerprint density at radius 2 is 1.86 bits per heavy atom. The van der Waals surface area contributed by atoms with Crippen molar-refractivity contribution in [2.75, 3.05) is 7.11 Å². The topological polar surface area (TPSA) is 35.5 Å². The summed E-state index contributed by atoms with van der Waals surface area (Å²) in [5, 5.41) is 0. The molecular formula is C19H28O3. The van der Waals surface area contributed by atoms with Crippen molar-refractivity contribution in [1.29, 1.82) is 0 Å². The van der Waals surface area contributed by atoms with Crippen LogP contribution in [0.5, 0.6) is 0 Å². The van der Waals surface area contributed by atoms with Crippen LogP contribution in [-0.4, -0.2) is 19.2 Å². The predicted molar refractivity (Wildman–Crippen MR) is 87.4 cm³/mol. The normalized spacial score (nSPS) is 26.7. The van der Waals surface area contributed by atoms with E-state index in [0.29, 0.717) is 17.8 Å². The number of benzene rings is 1. The smallest absolute Gasteiger partial charge is 0.340 e. The van der Waals surface area contributed by atoms with Crippen molar-refractivity contribution in [3.05, 3.63) is 35.9 Å². The zero-order chi connectivity index (χ0) is 16.1. The number of rotatable bonds is 5. The molecule has 0 N–H and O–H groups in total. The Morgan fingerprint density at radius 3 is 2.45 bits per heavy atom. The average Bonchev–Trinajstić information content (AvgIpc) is 2.48. The first kappa shape index (κ1) is 17.0. The lowest BCUT2D eigenvalue weighted by atomic mass is 9.75. The molecule has 122 valence electrons. The number of methoxy groups -OCH3 is 1. The molecule has 0 saturated heterocycles. The van der Waals surface area contributed by atoms with Crippen molar-refractivity contribution in [2.45, 2.75) is 52.2 Å². The molecule has 3 heteroatoms. The highest BCUT2D eigenvalue weighted by Gasteiger charge is 2.35. The maximum absolute atomic E-state index is 12.6.